The van der Waals surface area contributed by atoms with Gasteiger partial charge in [-0.05, 0) is 174 Å². The van der Waals surface area contributed by atoms with Gasteiger partial charge in [0, 0.05) is 63.2 Å². The second-order valence-corrected chi connectivity index (χ2v) is 18.7. The Hall–Kier alpha value is -3.85. The van der Waals surface area contributed by atoms with Crippen molar-refractivity contribution in [2.45, 2.75) is 150 Å². The molecule has 0 aromatic rings. The normalized spacial score (nSPS) is 10.9. The van der Waals surface area contributed by atoms with Crippen LogP contribution in [0.4, 0.5) is 19.2 Å². The highest BCUT2D eigenvalue weighted by molar-refractivity contribution is 6.17. The quantitative estimate of drug-likeness (QED) is 0.0112. The summed E-state index contributed by atoms with van der Waals surface area (Å²) in [6.07, 6.45) is 4.32. The van der Waals surface area contributed by atoms with Crippen LogP contribution in [0.5, 0.6) is 0 Å². The van der Waals surface area contributed by atoms with Crippen LogP contribution in [0.3, 0.4) is 0 Å². The summed E-state index contributed by atoms with van der Waals surface area (Å²) in [5.74, 6) is 0.695. The number of rotatable bonds is 23. The average molecular weight is 960 g/mol. The highest BCUT2D eigenvalue weighted by Crippen LogP contribution is 2.08. The molecule has 22 heteroatoms. The molecule has 0 aliphatic rings. The van der Waals surface area contributed by atoms with Crippen molar-refractivity contribution in [3.63, 3.8) is 0 Å². The second kappa shape index (κ2) is 44.0. The molecule has 0 atom stereocenters. The van der Waals surface area contributed by atoms with Gasteiger partial charge in [-0.15, -0.1) is 11.6 Å². The van der Waals surface area contributed by atoms with Gasteiger partial charge < -0.3 is 70.8 Å². The molecule has 0 aromatic heterocycles. The van der Waals surface area contributed by atoms with Gasteiger partial charge in [0.05, 0.1) is 0 Å². The number of carbonyl (C=O) groups is 5. The number of alkyl halides is 1. The van der Waals surface area contributed by atoms with Crippen LogP contribution in [0.2, 0.25) is 0 Å². The summed E-state index contributed by atoms with van der Waals surface area (Å²) in [6.45, 7) is 29.0. The Morgan fingerprint density at radius 2 is 0.923 bits per heavy atom. The van der Waals surface area contributed by atoms with E-state index < -0.39 is 34.6 Å². The van der Waals surface area contributed by atoms with E-state index in [9.17, 15) is 24.0 Å². The van der Waals surface area contributed by atoms with Gasteiger partial charge in [0.1, 0.15) is 28.7 Å². The largest absolute Gasteiger partial charge is 0.444 e. The SMILES string of the molecule is CC(C)(C)OC(=O)NCCC=O.CC(C)(C)OC(=O)NCCCO.CN(CCCCl)CCCNC(=O)OC(C)(C)C.CN(CCCN=[N+]=[N-])CCCNC(=O)OC(C)(C)C.NCCCO. The van der Waals surface area contributed by atoms with E-state index >= 15 is 0 Å². The molecule has 386 valence electrons. The van der Waals surface area contributed by atoms with Crippen LogP contribution in [-0.4, -0.2) is 172 Å². The van der Waals surface area contributed by atoms with Crippen LogP contribution in [0.15, 0.2) is 5.11 Å². The first-order valence-electron chi connectivity index (χ1n) is 22.2. The third-order valence-corrected chi connectivity index (χ3v) is 6.87. The minimum Gasteiger partial charge on any atom is -0.444 e. The zero-order valence-corrected chi connectivity index (χ0v) is 43.2. The van der Waals surface area contributed by atoms with E-state index in [0.717, 1.165) is 64.6 Å². The second-order valence-electron chi connectivity index (χ2n) is 18.3. The topological polar surface area (TPSA) is 292 Å². The molecule has 0 saturated heterocycles. The van der Waals surface area contributed by atoms with Gasteiger partial charge in [-0.3, -0.25) is 0 Å². The van der Waals surface area contributed by atoms with Crippen molar-refractivity contribution in [3.8, 4) is 0 Å². The van der Waals surface area contributed by atoms with Crippen molar-refractivity contribution < 1.29 is 53.1 Å². The van der Waals surface area contributed by atoms with Crippen LogP contribution >= 0.6 is 11.6 Å². The summed E-state index contributed by atoms with van der Waals surface area (Å²) in [6, 6.07) is 0. The van der Waals surface area contributed by atoms with Crippen LogP contribution in [0, 0.1) is 0 Å². The Balaban J connectivity index is -0.000000241. The highest BCUT2D eigenvalue weighted by atomic mass is 35.5. The molecule has 0 radical (unpaired) electrons. The number of halogens is 1. The Bertz CT molecular complexity index is 1240. The first-order chi connectivity index (χ1) is 30.0. The predicted molar refractivity (Wildman–Crippen MR) is 258 cm³/mol. The molecule has 0 fully saturated rings. The lowest BCUT2D eigenvalue weighted by molar-refractivity contribution is -0.107. The predicted octanol–water partition coefficient (Wildman–Crippen LogP) is 6.32. The number of hydrogen-bond acceptors (Lipinski definition) is 15. The van der Waals surface area contributed by atoms with Gasteiger partial charge in [-0.2, -0.15) is 0 Å². The first-order valence-corrected chi connectivity index (χ1v) is 22.7. The minimum atomic E-state index is -0.482. The van der Waals surface area contributed by atoms with Gasteiger partial charge in [0.15, 0.2) is 0 Å². The monoisotopic (exact) mass is 959 g/mol. The third kappa shape index (κ3) is 74.8. The molecule has 0 aromatic carbocycles. The molecule has 0 aliphatic heterocycles. The van der Waals surface area contributed by atoms with Crippen molar-refractivity contribution in [3.05, 3.63) is 10.4 Å². The summed E-state index contributed by atoms with van der Waals surface area (Å²) < 4.78 is 20.1. The minimum absolute atomic E-state index is 0.0792. The Kier molecular flexibility index (Phi) is 47.5. The number of alkyl carbamates (subject to hydrolysis) is 4. The van der Waals surface area contributed by atoms with E-state index in [4.69, 9.17) is 52.0 Å². The molecular formula is C43H91ClN10O11. The zero-order chi connectivity index (χ0) is 51.4. The number of hydrogen-bond donors (Lipinski definition) is 7. The number of ether oxygens (including phenoxy) is 4. The highest BCUT2D eigenvalue weighted by Gasteiger charge is 2.18. The fourth-order valence-electron chi connectivity index (χ4n) is 3.94. The number of nitrogens with zero attached hydrogens (tertiary/aromatic N) is 5. The molecule has 0 spiro atoms. The van der Waals surface area contributed by atoms with Gasteiger partial charge in [0.2, 0.25) is 0 Å². The molecule has 0 saturated carbocycles. The fraction of sp³-hybridized carbons (Fsp3) is 0.884. The number of aliphatic hydroxyl groups is 2. The summed E-state index contributed by atoms with van der Waals surface area (Å²) >= 11 is 5.61. The van der Waals surface area contributed by atoms with Crippen molar-refractivity contribution in [1.29, 1.82) is 0 Å². The van der Waals surface area contributed by atoms with Crippen molar-refractivity contribution >= 4 is 42.3 Å². The van der Waals surface area contributed by atoms with E-state index in [-0.39, 0.29) is 25.4 Å². The number of amides is 4. The van der Waals surface area contributed by atoms with E-state index in [1.165, 1.54) is 0 Å². The molecule has 0 bridgehead atoms. The Morgan fingerprint density at radius 3 is 1.20 bits per heavy atom. The summed E-state index contributed by atoms with van der Waals surface area (Å²) in [5, 5.41) is 30.3. The number of aldehydes is 1. The maximum Gasteiger partial charge on any atom is 0.407 e. The smallest absolute Gasteiger partial charge is 0.407 e. The standard InChI is InChI=1S/C12H25ClN2O2.C12H25N5O2.C8H17NO3.C8H15NO3.C3H9NO/c1-12(2,3)17-11(16)14-8-6-10-15(4)9-5-7-13;1-12(2,3)19-11(18)14-7-5-9-17(4)10-6-8-15-16-13;2*1-8(2,3)12-7(11)9-5-4-6-10;4-2-1-3-5/h5-10H2,1-4H3,(H,14,16);5-10H2,1-4H3,(H,14,18);10H,4-6H2,1-3H3,(H,9,11);6H,4-5H2,1-3H3,(H,9,11);5H,1-4H2. The van der Waals surface area contributed by atoms with E-state index in [1.807, 2.05) is 48.6 Å². The fourth-order valence-corrected chi connectivity index (χ4v) is 4.06. The molecular weight excluding hydrogens is 868 g/mol. The summed E-state index contributed by atoms with van der Waals surface area (Å²) in [4.78, 5) is 61.4. The molecule has 0 rings (SSSR count). The van der Waals surface area contributed by atoms with Gasteiger partial charge in [-0.25, -0.2) is 19.2 Å². The van der Waals surface area contributed by atoms with E-state index in [1.54, 1.807) is 41.5 Å². The lowest BCUT2D eigenvalue weighted by Gasteiger charge is -2.20. The number of aliphatic hydroxyl groups excluding tert-OH is 2. The molecule has 0 unspecified atom stereocenters. The van der Waals surface area contributed by atoms with Crippen LogP contribution in [-0.2, 0) is 23.7 Å². The third-order valence-electron chi connectivity index (χ3n) is 6.60. The van der Waals surface area contributed by atoms with Crippen molar-refractivity contribution in [1.82, 2.24) is 31.1 Å². The number of carbonyl (C=O) groups excluding carboxylic acids is 5. The van der Waals surface area contributed by atoms with Crippen molar-refractivity contribution in [2.24, 2.45) is 10.8 Å². The number of azide groups is 1. The van der Waals surface area contributed by atoms with Crippen LogP contribution < -0.4 is 27.0 Å². The lowest BCUT2D eigenvalue weighted by Crippen LogP contribution is -2.34. The Labute approximate surface area is 395 Å². The Morgan fingerprint density at radius 1 is 0.600 bits per heavy atom. The number of nitrogens with one attached hydrogen (secondary N) is 4. The lowest BCUT2D eigenvalue weighted by atomic mass is 10.2. The zero-order valence-electron chi connectivity index (χ0n) is 42.5. The summed E-state index contributed by atoms with van der Waals surface area (Å²) in [5.41, 5.74) is 11.3. The van der Waals surface area contributed by atoms with Gasteiger partial charge >= 0.3 is 24.4 Å². The van der Waals surface area contributed by atoms with Gasteiger partial charge in [0.25, 0.3) is 0 Å². The summed E-state index contributed by atoms with van der Waals surface area (Å²) in [7, 11) is 4.06. The van der Waals surface area contributed by atoms with E-state index in [0.29, 0.717) is 58.0 Å². The molecule has 0 heterocycles. The molecule has 0 aliphatic carbocycles. The first kappa shape index (κ1) is 70.2. The maximum atomic E-state index is 11.4. The van der Waals surface area contributed by atoms with Crippen LogP contribution in [0.1, 0.15) is 128 Å². The molecule has 8 N–H and O–H groups in total. The van der Waals surface area contributed by atoms with Crippen LogP contribution in [0.25, 0.3) is 10.4 Å². The molecule has 65 heavy (non-hydrogen) atoms. The molecule has 21 nitrogen and oxygen atoms in total. The van der Waals surface area contributed by atoms with E-state index in [2.05, 4.69) is 48.1 Å². The van der Waals surface area contributed by atoms with Gasteiger partial charge in [-0.1, -0.05) is 5.11 Å². The molecule has 4 amide bonds. The van der Waals surface area contributed by atoms with Crippen molar-refractivity contribution in [2.75, 3.05) is 98.6 Å². The average Bonchev–Trinajstić information content (AvgIpc) is 3.15. The number of nitrogens with two attached hydrogens (primary N) is 1. The maximum absolute atomic E-state index is 11.4.